The average molecular weight is 354 g/mol. The number of rotatable bonds is 4. The van der Waals surface area contributed by atoms with Gasteiger partial charge in [-0.3, -0.25) is 14.4 Å². The van der Waals surface area contributed by atoms with Crippen LogP contribution in [-0.2, 0) is 19.6 Å². The lowest BCUT2D eigenvalue weighted by Crippen LogP contribution is -2.37. The van der Waals surface area contributed by atoms with Crippen molar-refractivity contribution in [3.63, 3.8) is 0 Å². The monoisotopic (exact) mass is 354 g/mol. The molecule has 0 radical (unpaired) electrons. The molecule has 2 aliphatic rings. The number of nitrogens with zero attached hydrogens (tertiary/aromatic N) is 4. The molecule has 2 aromatic rings. The molecule has 1 aromatic heterocycles. The summed E-state index contributed by atoms with van der Waals surface area (Å²) >= 11 is 0. The molecule has 26 heavy (non-hydrogen) atoms. The average Bonchev–Trinajstić information content (AvgIpc) is 3.25. The number of benzene rings is 1. The van der Waals surface area contributed by atoms with Gasteiger partial charge in [-0.1, -0.05) is 30.3 Å². The van der Waals surface area contributed by atoms with E-state index in [9.17, 15) is 9.90 Å². The molecule has 1 amide bonds. The van der Waals surface area contributed by atoms with Gasteiger partial charge in [0.15, 0.2) is 5.69 Å². The van der Waals surface area contributed by atoms with Crippen molar-refractivity contribution in [3.8, 4) is 0 Å². The molecule has 0 bridgehead atoms. The summed E-state index contributed by atoms with van der Waals surface area (Å²) in [6, 6.07) is 12.4. The maximum Gasteiger partial charge on any atom is 0.274 e. The largest absolute Gasteiger partial charge is 0.394 e. The number of carbonyl (C=O) groups excluding carboxylic acids is 1. The van der Waals surface area contributed by atoms with Crippen LogP contribution in [0, 0.1) is 0 Å². The minimum atomic E-state index is -0.0569. The lowest BCUT2D eigenvalue weighted by atomic mass is 10.2. The zero-order valence-electron chi connectivity index (χ0n) is 15.0. The molecule has 1 aromatic carbocycles. The Balaban J connectivity index is 1.49. The number of aromatic nitrogens is 2. The molecule has 3 heterocycles. The summed E-state index contributed by atoms with van der Waals surface area (Å²) in [5.41, 5.74) is 2.92. The SMILES string of the molecule is O=C(c1cc2n(n1)CCCN(Cc1ccccc1)C2)N1CCCC1CO. The maximum atomic E-state index is 12.8. The van der Waals surface area contributed by atoms with Gasteiger partial charge >= 0.3 is 0 Å². The molecule has 6 heteroatoms. The van der Waals surface area contributed by atoms with Crippen LogP contribution in [-0.4, -0.2) is 56.3 Å². The van der Waals surface area contributed by atoms with Crippen molar-refractivity contribution >= 4 is 5.91 Å². The van der Waals surface area contributed by atoms with E-state index in [1.54, 1.807) is 4.90 Å². The fraction of sp³-hybridized carbons (Fsp3) is 0.500. The first-order valence-electron chi connectivity index (χ1n) is 9.49. The summed E-state index contributed by atoms with van der Waals surface area (Å²) < 4.78 is 1.99. The Bertz CT molecular complexity index is 758. The molecule has 138 valence electrons. The molecule has 1 unspecified atom stereocenters. The highest BCUT2D eigenvalue weighted by atomic mass is 16.3. The van der Waals surface area contributed by atoms with Crippen LogP contribution < -0.4 is 0 Å². The van der Waals surface area contributed by atoms with Crippen molar-refractivity contribution in [2.75, 3.05) is 19.7 Å². The normalized spacial score (nSPS) is 20.8. The molecular formula is C20H26N4O2. The van der Waals surface area contributed by atoms with Crippen LogP contribution in [0.5, 0.6) is 0 Å². The van der Waals surface area contributed by atoms with Gasteiger partial charge in [-0.2, -0.15) is 5.10 Å². The predicted octanol–water partition coefficient (Wildman–Crippen LogP) is 1.89. The van der Waals surface area contributed by atoms with Crippen LogP contribution in [0.15, 0.2) is 36.4 Å². The van der Waals surface area contributed by atoms with Crippen LogP contribution in [0.1, 0.15) is 41.0 Å². The number of aliphatic hydroxyl groups is 1. The van der Waals surface area contributed by atoms with Gasteiger partial charge in [0.05, 0.1) is 18.3 Å². The third-order valence-electron chi connectivity index (χ3n) is 5.41. The van der Waals surface area contributed by atoms with E-state index >= 15 is 0 Å². The summed E-state index contributed by atoms with van der Waals surface area (Å²) in [6.45, 7) is 4.33. The van der Waals surface area contributed by atoms with E-state index in [-0.39, 0.29) is 18.6 Å². The number of aliphatic hydroxyl groups excluding tert-OH is 1. The molecular weight excluding hydrogens is 328 g/mol. The minimum Gasteiger partial charge on any atom is -0.394 e. The van der Waals surface area contributed by atoms with Crippen molar-refractivity contribution in [1.29, 1.82) is 0 Å². The highest BCUT2D eigenvalue weighted by Crippen LogP contribution is 2.21. The van der Waals surface area contributed by atoms with E-state index in [2.05, 4.69) is 34.3 Å². The number of likely N-dealkylation sites (tertiary alicyclic amines) is 1. The fourth-order valence-electron chi connectivity index (χ4n) is 4.05. The quantitative estimate of drug-likeness (QED) is 0.911. The molecule has 2 aliphatic heterocycles. The number of fused-ring (bicyclic) bond motifs is 1. The molecule has 1 fully saturated rings. The van der Waals surface area contributed by atoms with Gasteiger partial charge in [0.25, 0.3) is 5.91 Å². The Morgan fingerprint density at radius 2 is 2.00 bits per heavy atom. The Labute approximate surface area is 154 Å². The number of carbonyl (C=O) groups is 1. The minimum absolute atomic E-state index is 0.0319. The van der Waals surface area contributed by atoms with Crippen molar-refractivity contribution in [3.05, 3.63) is 53.3 Å². The zero-order valence-corrected chi connectivity index (χ0v) is 15.0. The highest BCUT2D eigenvalue weighted by Gasteiger charge is 2.31. The Hall–Kier alpha value is -2.18. The first kappa shape index (κ1) is 17.2. The first-order chi connectivity index (χ1) is 12.7. The smallest absolute Gasteiger partial charge is 0.274 e. The second-order valence-corrected chi connectivity index (χ2v) is 7.27. The van der Waals surface area contributed by atoms with E-state index in [4.69, 9.17) is 0 Å². The summed E-state index contributed by atoms with van der Waals surface area (Å²) in [7, 11) is 0. The lowest BCUT2D eigenvalue weighted by Gasteiger charge is -2.22. The van der Waals surface area contributed by atoms with E-state index in [1.165, 1.54) is 5.56 Å². The topological polar surface area (TPSA) is 61.6 Å². The molecule has 1 atom stereocenters. The number of hydrogen-bond donors (Lipinski definition) is 1. The van der Waals surface area contributed by atoms with Gasteiger partial charge < -0.3 is 10.0 Å². The molecule has 4 rings (SSSR count). The van der Waals surface area contributed by atoms with Gasteiger partial charge in [0.1, 0.15) is 0 Å². The van der Waals surface area contributed by atoms with E-state index in [1.807, 2.05) is 16.8 Å². The van der Waals surface area contributed by atoms with Crippen molar-refractivity contribution in [2.24, 2.45) is 0 Å². The van der Waals surface area contributed by atoms with Gasteiger partial charge in [0, 0.05) is 32.7 Å². The van der Waals surface area contributed by atoms with Crippen molar-refractivity contribution < 1.29 is 9.90 Å². The van der Waals surface area contributed by atoms with Gasteiger partial charge in [-0.15, -0.1) is 0 Å². The summed E-state index contributed by atoms with van der Waals surface area (Å²) in [4.78, 5) is 17.0. The summed E-state index contributed by atoms with van der Waals surface area (Å²) in [5, 5.41) is 14.1. The number of aryl methyl sites for hydroxylation is 1. The zero-order chi connectivity index (χ0) is 17.9. The molecule has 1 saturated heterocycles. The highest BCUT2D eigenvalue weighted by molar-refractivity contribution is 5.92. The van der Waals surface area contributed by atoms with Gasteiger partial charge in [-0.25, -0.2) is 0 Å². The van der Waals surface area contributed by atoms with E-state index in [0.717, 1.165) is 51.1 Å². The van der Waals surface area contributed by atoms with Crippen LogP contribution in [0.4, 0.5) is 0 Å². The lowest BCUT2D eigenvalue weighted by molar-refractivity contribution is 0.0670. The predicted molar refractivity (Wildman–Crippen MR) is 98.5 cm³/mol. The Morgan fingerprint density at radius 1 is 1.15 bits per heavy atom. The number of amides is 1. The molecule has 0 spiro atoms. The maximum absolute atomic E-state index is 12.8. The first-order valence-corrected chi connectivity index (χ1v) is 9.49. The third kappa shape index (κ3) is 3.52. The fourth-order valence-corrected chi connectivity index (χ4v) is 4.05. The van der Waals surface area contributed by atoms with Crippen LogP contribution in [0.3, 0.4) is 0 Å². The summed E-state index contributed by atoms with van der Waals surface area (Å²) in [6.07, 6.45) is 2.86. The molecule has 1 N–H and O–H groups in total. The van der Waals surface area contributed by atoms with Crippen LogP contribution in [0.25, 0.3) is 0 Å². The standard InChI is InChI=1S/C20H26N4O2/c25-15-17-8-4-10-23(17)20(26)19-12-18-14-22(9-5-11-24(18)21-19)13-16-6-2-1-3-7-16/h1-3,6-7,12,17,25H,4-5,8-11,13-15H2. The van der Waals surface area contributed by atoms with Gasteiger partial charge in [-0.05, 0) is 30.9 Å². The second-order valence-electron chi connectivity index (χ2n) is 7.27. The Kier molecular flexibility index (Phi) is 5.04. The van der Waals surface area contributed by atoms with Crippen LogP contribution >= 0.6 is 0 Å². The van der Waals surface area contributed by atoms with Crippen LogP contribution in [0.2, 0.25) is 0 Å². The number of hydrogen-bond acceptors (Lipinski definition) is 4. The van der Waals surface area contributed by atoms with Gasteiger partial charge in [0.2, 0.25) is 0 Å². The molecule has 0 aliphatic carbocycles. The van der Waals surface area contributed by atoms with E-state index in [0.29, 0.717) is 12.2 Å². The Morgan fingerprint density at radius 3 is 2.81 bits per heavy atom. The van der Waals surface area contributed by atoms with Crippen molar-refractivity contribution in [1.82, 2.24) is 19.6 Å². The summed E-state index contributed by atoms with van der Waals surface area (Å²) in [5.74, 6) is -0.0447. The molecule has 0 saturated carbocycles. The van der Waals surface area contributed by atoms with Crippen molar-refractivity contribution in [2.45, 2.75) is 44.9 Å². The van der Waals surface area contributed by atoms with E-state index < -0.39 is 0 Å². The third-order valence-corrected chi connectivity index (χ3v) is 5.41. The second kappa shape index (κ2) is 7.60. The molecule has 6 nitrogen and oxygen atoms in total.